The number of nitriles is 1. The molecule has 1 aromatic carbocycles. The molecule has 21 heavy (non-hydrogen) atoms. The number of aromatic nitrogens is 1. The molecule has 4 nitrogen and oxygen atoms in total. The Labute approximate surface area is 127 Å². The van der Waals surface area contributed by atoms with Crippen LogP contribution >= 0.6 is 11.6 Å². The highest BCUT2D eigenvalue weighted by atomic mass is 35.5. The third-order valence-electron chi connectivity index (χ3n) is 2.94. The van der Waals surface area contributed by atoms with Crippen molar-refractivity contribution in [1.29, 1.82) is 5.26 Å². The van der Waals surface area contributed by atoms with Gasteiger partial charge in [-0.1, -0.05) is 29.8 Å². The summed E-state index contributed by atoms with van der Waals surface area (Å²) in [6.07, 6.45) is 1.40. The average Bonchev–Trinajstić information content (AvgIpc) is 2.46. The minimum Gasteiger partial charge on any atom is -0.462 e. The van der Waals surface area contributed by atoms with Gasteiger partial charge in [-0.2, -0.15) is 5.26 Å². The van der Waals surface area contributed by atoms with Crippen molar-refractivity contribution in [1.82, 2.24) is 4.98 Å². The number of nitrogens with zero attached hydrogens (tertiary/aromatic N) is 2. The smallest absolute Gasteiger partial charge is 0.348 e. The molecule has 0 unspecified atom stereocenters. The summed E-state index contributed by atoms with van der Waals surface area (Å²) < 4.78 is 4.82. The Kier molecular flexibility index (Phi) is 4.56. The highest BCUT2D eigenvalue weighted by molar-refractivity contribution is 6.31. The maximum atomic E-state index is 11.6. The van der Waals surface area contributed by atoms with E-state index in [-0.39, 0.29) is 17.3 Å². The molecule has 0 spiro atoms. The van der Waals surface area contributed by atoms with Gasteiger partial charge in [-0.3, -0.25) is 0 Å². The Hall–Kier alpha value is -2.38. The summed E-state index contributed by atoms with van der Waals surface area (Å²) in [5, 5.41) is 10.2. The van der Waals surface area contributed by atoms with Gasteiger partial charge in [0.1, 0.15) is 16.8 Å². The van der Waals surface area contributed by atoms with Crippen LogP contribution in [-0.2, 0) is 9.53 Å². The van der Waals surface area contributed by atoms with Crippen molar-refractivity contribution in [2.24, 2.45) is 0 Å². The highest BCUT2D eigenvalue weighted by Gasteiger charge is 2.12. The lowest BCUT2D eigenvalue weighted by Crippen LogP contribution is -2.06. The summed E-state index contributed by atoms with van der Waals surface area (Å²) in [6.45, 7) is 3.83. The molecule has 0 bridgehead atoms. The predicted molar refractivity (Wildman–Crippen MR) is 81.7 cm³/mol. The maximum Gasteiger partial charge on any atom is 0.348 e. The summed E-state index contributed by atoms with van der Waals surface area (Å²) in [5.41, 5.74) is 2.22. The van der Waals surface area contributed by atoms with Crippen LogP contribution in [0, 0.1) is 18.3 Å². The van der Waals surface area contributed by atoms with Crippen LogP contribution in [0.2, 0.25) is 5.15 Å². The van der Waals surface area contributed by atoms with E-state index in [0.29, 0.717) is 5.56 Å². The first kappa shape index (κ1) is 15.0. The number of rotatable bonds is 3. The highest BCUT2D eigenvalue weighted by Crippen LogP contribution is 2.24. The van der Waals surface area contributed by atoms with Gasteiger partial charge in [0.15, 0.2) is 0 Å². The standard InChI is InChI=1S/C16H13ClN2O2/c1-3-21-16(20)13(9-18)8-12-7-11-6-4-5-10(2)14(11)19-15(12)17/h4-8H,3H2,1-2H3. The molecule has 0 aliphatic carbocycles. The van der Waals surface area contributed by atoms with Crippen LogP contribution in [0.25, 0.3) is 17.0 Å². The maximum absolute atomic E-state index is 11.6. The Bertz CT molecular complexity index is 776. The lowest BCUT2D eigenvalue weighted by Gasteiger charge is -2.05. The monoisotopic (exact) mass is 300 g/mol. The van der Waals surface area contributed by atoms with Crippen LogP contribution in [0.15, 0.2) is 29.8 Å². The molecule has 2 rings (SSSR count). The fraction of sp³-hybridized carbons (Fsp3) is 0.188. The first-order valence-corrected chi connectivity index (χ1v) is 6.79. The minimum atomic E-state index is -0.666. The lowest BCUT2D eigenvalue weighted by atomic mass is 10.1. The quantitative estimate of drug-likeness (QED) is 0.375. The molecule has 0 saturated carbocycles. The van der Waals surface area contributed by atoms with Gasteiger partial charge in [-0.15, -0.1) is 0 Å². The summed E-state index contributed by atoms with van der Waals surface area (Å²) in [6, 6.07) is 9.38. The fourth-order valence-electron chi connectivity index (χ4n) is 1.94. The molecule has 0 aliphatic rings. The molecule has 0 N–H and O–H groups in total. The Morgan fingerprint density at radius 3 is 2.95 bits per heavy atom. The zero-order chi connectivity index (χ0) is 15.4. The van der Waals surface area contributed by atoms with Crippen molar-refractivity contribution in [3.05, 3.63) is 46.1 Å². The van der Waals surface area contributed by atoms with E-state index in [9.17, 15) is 4.79 Å². The predicted octanol–water partition coefficient (Wildman–Crippen LogP) is 3.67. The molecule has 0 saturated heterocycles. The number of ether oxygens (including phenoxy) is 1. The fourth-order valence-corrected chi connectivity index (χ4v) is 2.14. The molecular weight excluding hydrogens is 288 g/mol. The zero-order valence-corrected chi connectivity index (χ0v) is 12.4. The van der Waals surface area contributed by atoms with Crippen LogP contribution < -0.4 is 0 Å². The van der Waals surface area contributed by atoms with Crippen molar-refractivity contribution in [2.75, 3.05) is 6.61 Å². The number of esters is 1. The zero-order valence-electron chi connectivity index (χ0n) is 11.7. The molecule has 0 atom stereocenters. The molecule has 1 heterocycles. The first-order valence-electron chi connectivity index (χ1n) is 6.41. The van der Waals surface area contributed by atoms with E-state index in [1.165, 1.54) is 6.08 Å². The average molecular weight is 301 g/mol. The van der Waals surface area contributed by atoms with Gasteiger partial charge >= 0.3 is 5.97 Å². The number of halogens is 1. The van der Waals surface area contributed by atoms with Gasteiger partial charge in [-0.25, -0.2) is 9.78 Å². The van der Waals surface area contributed by atoms with E-state index >= 15 is 0 Å². The number of aryl methyl sites for hydroxylation is 1. The van der Waals surface area contributed by atoms with Crippen molar-refractivity contribution < 1.29 is 9.53 Å². The number of carbonyl (C=O) groups is 1. The van der Waals surface area contributed by atoms with E-state index in [1.54, 1.807) is 13.0 Å². The van der Waals surface area contributed by atoms with Crippen molar-refractivity contribution in [2.45, 2.75) is 13.8 Å². The molecule has 0 aliphatic heterocycles. The topological polar surface area (TPSA) is 63.0 Å². The van der Waals surface area contributed by atoms with Gasteiger partial charge in [0.2, 0.25) is 0 Å². The summed E-state index contributed by atoms with van der Waals surface area (Å²) in [7, 11) is 0. The Balaban J connectivity index is 2.54. The van der Waals surface area contributed by atoms with E-state index < -0.39 is 5.97 Å². The molecule has 0 radical (unpaired) electrons. The van der Waals surface area contributed by atoms with Gasteiger partial charge in [0, 0.05) is 10.9 Å². The molecule has 0 amide bonds. The summed E-state index contributed by atoms with van der Waals surface area (Å²) >= 11 is 6.14. The molecule has 106 valence electrons. The third kappa shape index (κ3) is 3.21. The van der Waals surface area contributed by atoms with Crippen LogP contribution in [0.3, 0.4) is 0 Å². The second kappa shape index (κ2) is 6.38. The van der Waals surface area contributed by atoms with E-state index in [0.717, 1.165) is 16.5 Å². The van der Waals surface area contributed by atoms with Gasteiger partial charge in [0.05, 0.1) is 12.1 Å². The number of hydrogen-bond donors (Lipinski definition) is 0. The minimum absolute atomic E-state index is 0.104. The number of pyridine rings is 1. The number of hydrogen-bond acceptors (Lipinski definition) is 4. The van der Waals surface area contributed by atoms with Gasteiger partial charge in [-0.05, 0) is 31.6 Å². The second-order valence-corrected chi connectivity index (χ2v) is 4.76. The van der Waals surface area contributed by atoms with Gasteiger partial charge in [0.25, 0.3) is 0 Å². The van der Waals surface area contributed by atoms with Crippen molar-refractivity contribution in [3.8, 4) is 6.07 Å². The third-order valence-corrected chi connectivity index (χ3v) is 3.25. The van der Waals surface area contributed by atoms with Crippen LogP contribution in [0.1, 0.15) is 18.1 Å². The lowest BCUT2D eigenvalue weighted by molar-refractivity contribution is -0.137. The largest absolute Gasteiger partial charge is 0.462 e. The van der Waals surface area contributed by atoms with Crippen LogP contribution in [0.4, 0.5) is 0 Å². The van der Waals surface area contributed by atoms with Crippen LogP contribution in [-0.4, -0.2) is 17.6 Å². The van der Waals surface area contributed by atoms with Crippen LogP contribution in [0.5, 0.6) is 0 Å². The van der Waals surface area contributed by atoms with E-state index in [1.807, 2.05) is 31.2 Å². The SMILES string of the molecule is CCOC(=O)C(C#N)=Cc1cc2cccc(C)c2nc1Cl. The number of para-hydroxylation sites is 1. The number of benzene rings is 1. The van der Waals surface area contributed by atoms with Crippen molar-refractivity contribution in [3.63, 3.8) is 0 Å². The Morgan fingerprint density at radius 2 is 2.29 bits per heavy atom. The molecule has 1 aromatic heterocycles. The number of fused-ring (bicyclic) bond motifs is 1. The molecule has 5 heteroatoms. The van der Waals surface area contributed by atoms with E-state index in [2.05, 4.69) is 4.98 Å². The summed E-state index contributed by atoms with van der Waals surface area (Å²) in [4.78, 5) is 16.0. The van der Waals surface area contributed by atoms with Gasteiger partial charge < -0.3 is 4.74 Å². The number of carbonyl (C=O) groups excluding carboxylic acids is 1. The van der Waals surface area contributed by atoms with E-state index in [4.69, 9.17) is 21.6 Å². The first-order chi connectivity index (χ1) is 10.1. The second-order valence-electron chi connectivity index (χ2n) is 4.41. The Morgan fingerprint density at radius 1 is 1.52 bits per heavy atom. The molecule has 2 aromatic rings. The normalized spacial score (nSPS) is 11.2. The molecule has 0 fully saturated rings. The van der Waals surface area contributed by atoms with Crippen molar-refractivity contribution >= 4 is 34.5 Å². The summed E-state index contributed by atoms with van der Waals surface area (Å²) in [5.74, 6) is -0.666. The molecular formula is C16H13ClN2O2.